The van der Waals surface area contributed by atoms with Crippen molar-refractivity contribution in [2.45, 2.75) is 27.2 Å². The molecule has 0 atom stereocenters. The first-order valence-electron chi connectivity index (χ1n) is 3.70. The number of hydrogen-bond acceptors (Lipinski definition) is 3. The van der Waals surface area contributed by atoms with Crippen LogP contribution in [-0.2, 0) is 14.3 Å². The average Bonchev–Trinajstić information content (AvgIpc) is 2.33. The molecule has 1 heterocycles. The van der Waals surface area contributed by atoms with Crippen molar-refractivity contribution < 1.29 is 14.3 Å². The number of cyclic esters (lactones) is 2. The van der Waals surface area contributed by atoms with E-state index in [0.29, 0.717) is 12.0 Å². The first kappa shape index (κ1) is 9.88. The molecule has 0 aliphatic carbocycles. The lowest BCUT2D eigenvalue weighted by Gasteiger charge is -1.87. The first-order valence-corrected chi connectivity index (χ1v) is 3.70. The summed E-state index contributed by atoms with van der Waals surface area (Å²) in [6.45, 7) is 5.80. The summed E-state index contributed by atoms with van der Waals surface area (Å²) in [6, 6.07) is 0. The fourth-order valence-electron chi connectivity index (χ4n) is 0.634. The number of ether oxygens (including phenoxy) is 1. The zero-order valence-electron chi connectivity index (χ0n) is 7.01. The third-order valence-corrected chi connectivity index (χ3v) is 1.13. The Morgan fingerprint density at radius 2 is 1.91 bits per heavy atom. The molecule has 0 bridgehead atoms. The van der Waals surface area contributed by atoms with Gasteiger partial charge in [-0.25, -0.2) is 9.59 Å². The Labute approximate surface area is 66.0 Å². The molecule has 0 unspecified atom stereocenters. The number of rotatable bonds is 1. The van der Waals surface area contributed by atoms with Gasteiger partial charge >= 0.3 is 11.9 Å². The minimum atomic E-state index is -0.545. The Morgan fingerprint density at radius 1 is 1.36 bits per heavy atom. The maximum atomic E-state index is 10.5. The summed E-state index contributed by atoms with van der Waals surface area (Å²) in [5.41, 5.74) is 0.458. The fourth-order valence-corrected chi connectivity index (χ4v) is 0.634. The van der Waals surface area contributed by atoms with Crippen LogP contribution in [0.1, 0.15) is 27.2 Å². The summed E-state index contributed by atoms with van der Waals surface area (Å²) in [7, 11) is 0. The highest BCUT2D eigenvalue weighted by Crippen LogP contribution is 2.10. The SMILES string of the molecule is CC.CCC1=CC(=O)OC1=O. The van der Waals surface area contributed by atoms with Gasteiger partial charge in [0, 0.05) is 11.6 Å². The van der Waals surface area contributed by atoms with Gasteiger partial charge in [-0.05, 0) is 6.42 Å². The first-order chi connectivity index (χ1) is 5.24. The van der Waals surface area contributed by atoms with Gasteiger partial charge in [0.15, 0.2) is 0 Å². The third-order valence-electron chi connectivity index (χ3n) is 1.13. The Hall–Kier alpha value is -1.12. The van der Waals surface area contributed by atoms with Crippen LogP contribution in [0, 0.1) is 0 Å². The molecule has 1 aliphatic heterocycles. The normalized spacial score (nSPS) is 15.0. The second-order valence-electron chi connectivity index (χ2n) is 1.73. The minimum Gasteiger partial charge on any atom is -0.386 e. The van der Waals surface area contributed by atoms with Gasteiger partial charge in [-0.1, -0.05) is 20.8 Å². The molecule has 62 valence electrons. The van der Waals surface area contributed by atoms with Gasteiger partial charge in [0.25, 0.3) is 0 Å². The van der Waals surface area contributed by atoms with Crippen molar-refractivity contribution in [2.24, 2.45) is 0 Å². The molecule has 0 aromatic heterocycles. The van der Waals surface area contributed by atoms with Crippen molar-refractivity contribution in [3.63, 3.8) is 0 Å². The van der Waals surface area contributed by atoms with E-state index in [1.54, 1.807) is 6.92 Å². The second-order valence-corrected chi connectivity index (χ2v) is 1.73. The molecule has 0 fully saturated rings. The molecular weight excluding hydrogens is 144 g/mol. The van der Waals surface area contributed by atoms with E-state index in [-0.39, 0.29) is 0 Å². The molecule has 0 N–H and O–H groups in total. The van der Waals surface area contributed by atoms with Crippen molar-refractivity contribution in [1.82, 2.24) is 0 Å². The molecule has 0 aromatic carbocycles. The van der Waals surface area contributed by atoms with Crippen molar-refractivity contribution in [3.05, 3.63) is 11.6 Å². The highest BCUT2D eigenvalue weighted by molar-refractivity contribution is 6.08. The standard InChI is InChI=1S/C6H6O3.C2H6/c1-2-4-3-5(7)9-6(4)8;1-2/h3H,2H2,1H3;1-2H3. The fraction of sp³-hybridized carbons (Fsp3) is 0.500. The Bertz CT molecular complexity index is 192. The van der Waals surface area contributed by atoms with Crippen LogP contribution < -0.4 is 0 Å². The van der Waals surface area contributed by atoms with Crippen LogP contribution in [0.3, 0.4) is 0 Å². The van der Waals surface area contributed by atoms with Gasteiger partial charge in [0.05, 0.1) is 0 Å². The lowest BCUT2D eigenvalue weighted by molar-refractivity contribution is -0.150. The molecule has 0 aromatic rings. The minimum absolute atomic E-state index is 0.458. The molecule has 0 saturated carbocycles. The van der Waals surface area contributed by atoms with E-state index in [1.165, 1.54) is 6.08 Å². The van der Waals surface area contributed by atoms with E-state index in [2.05, 4.69) is 4.74 Å². The topological polar surface area (TPSA) is 43.4 Å². The molecule has 1 aliphatic rings. The molecule has 0 spiro atoms. The van der Waals surface area contributed by atoms with Crippen LogP contribution in [0.15, 0.2) is 11.6 Å². The summed E-state index contributed by atoms with van der Waals surface area (Å²) in [5, 5.41) is 0. The van der Waals surface area contributed by atoms with E-state index in [9.17, 15) is 9.59 Å². The summed E-state index contributed by atoms with van der Waals surface area (Å²) < 4.78 is 4.19. The van der Waals surface area contributed by atoms with Crippen molar-refractivity contribution in [3.8, 4) is 0 Å². The van der Waals surface area contributed by atoms with Gasteiger partial charge in [-0.15, -0.1) is 0 Å². The van der Waals surface area contributed by atoms with Gasteiger partial charge < -0.3 is 4.74 Å². The summed E-state index contributed by atoms with van der Waals surface area (Å²) in [4.78, 5) is 20.8. The Balaban J connectivity index is 0.000000461. The monoisotopic (exact) mass is 156 g/mol. The van der Waals surface area contributed by atoms with Crippen molar-refractivity contribution >= 4 is 11.9 Å². The predicted molar refractivity (Wildman–Crippen MR) is 40.8 cm³/mol. The lowest BCUT2D eigenvalue weighted by Crippen LogP contribution is -2.00. The molecule has 11 heavy (non-hydrogen) atoms. The maximum Gasteiger partial charge on any atom is 0.342 e. The van der Waals surface area contributed by atoms with E-state index in [0.717, 1.165) is 0 Å². The number of hydrogen-bond donors (Lipinski definition) is 0. The number of esters is 2. The van der Waals surface area contributed by atoms with Crippen molar-refractivity contribution in [2.75, 3.05) is 0 Å². The molecule has 1 rings (SSSR count). The van der Waals surface area contributed by atoms with Crippen LogP contribution in [0.25, 0.3) is 0 Å². The predicted octanol–water partition coefficient (Wildman–Crippen LogP) is 1.43. The average molecular weight is 156 g/mol. The number of carbonyl (C=O) groups is 2. The third kappa shape index (κ3) is 2.53. The Morgan fingerprint density at radius 3 is 2.09 bits per heavy atom. The van der Waals surface area contributed by atoms with Crippen LogP contribution in [0.4, 0.5) is 0 Å². The lowest BCUT2D eigenvalue weighted by atomic mass is 10.2. The van der Waals surface area contributed by atoms with Crippen LogP contribution in [0.5, 0.6) is 0 Å². The van der Waals surface area contributed by atoms with Crippen molar-refractivity contribution in [1.29, 1.82) is 0 Å². The van der Waals surface area contributed by atoms with Gasteiger partial charge in [0.2, 0.25) is 0 Å². The molecule has 0 saturated heterocycles. The second kappa shape index (κ2) is 4.66. The smallest absolute Gasteiger partial charge is 0.342 e. The van der Waals surface area contributed by atoms with Crippen LogP contribution in [0.2, 0.25) is 0 Å². The van der Waals surface area contributed by atoms with Crippen LogP contribution in [-0.4, -0.2) is 11.9 Å². The van der Waals surface area contributed by atoms with Crippen LogP contribution >= 0.6 is 0 Å². The highest BCUT2D eigenvalue weighted by Gasteiger charge is 2.20. The molecule has 3 heteroatoms. The number of carbonyl (C=O) groups excluding carboxylic acids is 2. The van der Waals surface area contributed by atoms with E-state index in [4.69, 9.17) is 0 Å². The molecular formula is C8H12O3. The highest BCUT2D eigenvalue weighted by atomic mass is 16.6. The van der Waals surface area contributed by atoms with Gasteiger partial charge in [-0.3, -0.25) is 0 Å². The van der Waals surface area contributed by atoms with Gasteiger partial charge in [-0.2, -0.15) is 0 Å². The summed E-state index contributed by atoms with van der Waals surface area (Å²) >= 11 is 0. The quantitative estimate of drug-likeness (QED) is 0.426. The Kier molecular flexibility index (Phi) is 4.18. The summed E-state index contributed by atoms with van der Waals surface area (Å²) in [6.07, 6.45) is 1.78. The molecule has 0 amide bonds. The summed E-state index contributed by atoms with van der Waals surface area (Å²) in [5.74, 6) is -1.04. The largest absolute Gasteiger partial charge is 0.386 e. The van der Waals surface area contributed by atoms with Gasteiger partial charge in [0.1, 0.15) is 0 Å². The van der Waals surface area contributed by atoms with E-state index < -0.39 is 11.9 Å². The van der Waals surface area contributed by atoms with E-state index in [1.807, 2.05) is 13.8 Å². The van der Waals surface area contributed by atoms with E-state index >= 15 is 0 Å². The zero-order chi connectivity index (χ0) is 8.85. The molecule has 0 radical (unpaired) electrons. The molecule has 3 nitrogen and oxygen atoms in total. The maximum absolute atomic E-state index is 10.5. The zero-order valence-corrected chi connectivity index (χ0v) is 7.01.